The van der Waals surface area contributed by atoms with Crippen LogP contribution in [0.4, 0.5) is 48.3 Å². The van der Waals surface area contributed by atoms with Crippen molar-refractivity contribution in [3.05, 3.63) is 78.2 Å². The summed E-state index contributed by atoms with van der Waals surface area (Å²) in [7, 11) is -3.98. The molecule has 226 valence electrons. The number of nitrogens with zero attached hydrogens (tertiary/aromatic N) is 3. The SMILES string of the molecule is CCS(=O)(=O)c1ccc(C(F)(F)F)cc1NC(=O)Nc1cnc(Oc2ccc(-c3cc(C(F)(F)F)cnc3N)cc2)nc1. The number of amides is 2. The molecular formula is C26H20F6N6O4S. The molecule has 0 fully saturated rings. The minimum Gasteiger partial charge on any atom is -0.424 e. The smallest absolute Gasteiger partial charge is 0.417 e. The van der Waals surface area contributed by atoms with Crippen LogP contribution >= 0.6 is 0 Å². The van der Waals surface area contributed by atoms with Crippen molar-refractivity contribution in [3.8, 4) is 22.9 Å². The molecule has 2 heterocycles. The Kier molecular flexibility index (Phi) is 8.47. The minimum absolute atomic E-state index is 0.0143. The molecule has 0 saturated heterocycles. The second-order valence-corrected chi connectivity index (χ2v) is 11.0. The number of hydrogen-bond donors (Lipinski definition) is 3. The summed E-state index contributed by atoms with van der Waals surface area (Å²) in [4.78, 5) is 23.4. The number of nitrogens with two attached hydrogens (primary N) is 1. The van der Waals surface area contributed by atoms with E-state index in [0.29, 0.717) is 23.9 Å². The van der Waals surface area contributed by atoms with Crippen LogP contribution < -0.4 is 21.1 Å². The Balaban J connectivity index is 1.44. The topological polar surface area (TPSA) is 149 Å². The van der Waals surface area contributed by atoms with E-state index >= 15 is 0 Å². The first kappa shape index (κ1) is 31.0. The number of anilines is 3. The summed E-state index contributed by atoms with van der Waals surface area (Å²) in [6.07, 6.45) is -6.53. The average Bonchev–Trinajstić information content (AvgIpc) is 2.93. The molecule has 43 heavy (non-hydrogen) atoms. The summed E-state index contributed by atoms with van der Waals surface area (Å²) in [5.41, 5.74) is 3.43. The zero-order valence-corrected chi connectivity index (χ0v) is 22.6. The third kappa shape index (κ3) is 7.48. The van der Waals surface area contributed by atoms with Crippen LogP contribution in [0.25, 0.3) is 11.1 Å². The van der Waals surface area contributed by atoms with Gasteiger partial charge in [0, 0.05) is 11.8 Å². The predicted molar refractivity (Wildman–Crippen MR) is 143 cm³/mol. The van der Waals surface area contributed by atoms with Gasteiger partial charge in [0.05, 0.1) is 45.5 Å². The van der Waals surface area contributed by atoms with Crippen LogP contribution in [0, 0.1) is 0 Å². The summed E-state index contributed by atoms with van der Waals surface area (Å²) >= 11 is 0. The van der Waals surface area contributed by atoms with E-state index in [1.54, 1.807) is 0 Å². The van der Waals surface area contributed by atoms with Gasteiger partial charge in [0.25, 0.3) is 0 Å². The fourth-order valence-corrected chi connectivity index (χ4v) is 4.65. The van der Waals surface area contributed by atoms with E-state index in [-0.39, 0.29) is 28.8 Å². The number of nitrogens with one attached hydrogen (secondary N) is 2. The first-order valence-corrected chi connectivity index (χ1v) is 13.7. The van der Waals surface area contributed by atoms with Gasteiger partial charge < -0.3 is 21.1 Å². The quantitative estimate of drug-likeness (QED) is 0.200. The van der Waals surface area contributed by atoms with E-state index < -0.39 is 55.7 Å². The van der Waals surface area contributed by atoms with Gasteiger partial charge in [0.15, 0.2) is 9.84 Å². The second kappa shape index (κ2) is 11.7. The maximum absolute atomic E-state index is 13.2. The second-order valence-electron chi connectivity index (χ2n) is 8.73. The number of halogens is 6. The zero-order chi connectivity index (χ0) is 31.6. The number of sulfone groups is 1. The molecule has 0 spiro atoms. The molecule has 0 unspecified atom stereocenters. The molecule has 0 aliphatic heterocycles. The van der Waals surface area contributed by atoms with Crippen LogP contribution in [-0.4, -0.2) is 35.2 Å². The van der Waals surface area contributed by atoms with Crippen molar-refractivity contribution < 1.29 is 44.3 Å². The van der Waals surface area contributed by atoms with Crippen molar-refractivity contribution in [2.24, 2.45) is 0 Å². The third-order valence-electron chi connectivity index (χ3n) is 5.78. The number of ether oxygens (including phenoxy) is 1. The summed E-state index contributed by atoms with van der Waals surface area (Å²) < 4.78 is 109. The van der Waals surface area contributed by atoms with Crippen molar-refractivity contribution in [3.63, 3.8) is 0 Å². The molecule has 0 bridgehead atoms. The van der Waals surface area contributed by atoms with Gasteiger partial charge in [-0.3, -0.25) is 0 Å². The number of carbonyl (C=O) groups is 1. The van der Waals surface area contributed by atoms with Crippen LogP contribution in [-0.2, 0) is 22.2 Å². The third-order valence-corrected chi connectivity index (χ3v) is 7.56. The maximum atomic E-state index is 13.2. The monoisotopic (exact) mass is 626 g/mol. The van der Waals surface area contributed by atoms with Gasteiger partial charge in [-0.15, -0.1) is 0 Å². The average molecular weight is 627 g/mol. The lowest BCUT2D eigenvalue weighted by atomic mass is 10.0. The van der Waals surface area contributed by atoms with Crippen LogP contribution in [0.2, 0.25) is 0 Å². The van der Waals surface area contributed by atoms with Crippen LogP contribution in [0.5, 0.6) is 11.8 Å². The van der Waals surface area contributed by atoms with Gasteiger partial charge in [-0.2, -0.15) is 26.3 Å². The Hall–Kier alpha value is -4.93. The molecule has 0 saturated carbocycles. The van der Waals surface area contributed by atoms with Gasteiger partial charge in [-0.05, 0) is 42.0 Å². The molecule has 4 rings (SSSR count). The number of alkyl halides is 6. The van der Waals surface area contributed by atoms with Crippen molar-refractivity contribution in [2.75, 3.05) is 22.1 Å². The molecule has 0 aliphatic carbocycles. The van der Waals surface area contributed by atoms with Crippen LogP contribution in [0.15, 0.2) is 72.0 Å². The highest BCUT2D eigenvalue weighted by Gasteiger charge is 2.33. The van der Waals surface area contributed by atoms with Crippen molar-refractivity contribution >= 4 is 33.1 Å². The highest BCUT2D eigenvalue weighted by molar-refractivity contribution is 7.91. The molecule has 4 N–H and O–H groups in total. The van der Waals surface area contributed by atoms with Crippen molar-refractivity contribution in [2.45, 2.75) is 24.2 Å². The Bertz CT molecular complexity index is 1750. The molecule has 0 atom stereocenters. The molecule has 2 aromatic carbocycles. The van der Waals surface area contributed by atoms with Gasteiger partial charge >= 0.3 is 24.4 Å². The molecule has 2 amide bonds. The first-order chi connectivity index (χ1) is 20.1. The highest BCUT2D eigenvalue weighted by atomic mass is 32.2. The Morgan fingerprint density at radius 3 is 2.07 bits per heavy atom. The maximum Gasteiger partial charge on any atom is 0.417 e. The minimum atomic E-state index is -4.78. The van der Waals surface area contributed by atoms with Crippen molar-refractivity contribution in [1.29, 1.82) is 0 Å². The summed E-state index contributed by atoms with van der Waals surface area (Å²) in [6, 6.07) is 7.25. The van der Waals surface area contributed by atoms with E-state index in [4.69, 9.17) is 10.5 Å². The number of benzene rings is 2. The van der Waals surface area contributed by atoms with Gasteiger partial charge in [-0.25, -0.2) is 28.2 Å². The highest BCUT2D eigenvalue weighted by Crippen LogP contribution is 2.35. The lowest BCUT2D eigenvalue weighted by Gasteiger charge is -2.15. The number of rotatable bonds is 7. The lowest BCUT2D eigenvalue weighted by molar-refractivity contribution is -0.138. The molecule has 10 nitrogen and oxygen atoms in total. The molecule has 0 aliphatic rings. The Morgan fingerprint density at radius 2 is 1.49 bits per heavy atom. The van der Waals surface area contributed by atoms with Crippen molar-refractivity contribution in [1.82, 2.24) is 15.0 Å². The van der Waals surface area contributed by atoms with E-state index in [2.05, 4.69) is 25.6 Å². The van der Waals surface area contributed by atoms with Gasteiger partial charge in [-0.1, -0.05) is 19.1 Å². The standard InChI is InChI=1S/C26H20F6N6O4S/c1-2-43(40,41)21-8-5-15(25(27,28)29)10-20(21)38-23(39)37-17-12-35-24(36-13-17)42-18-6-3-14(4-7-18)19-9-16(26(30,31)32)11-34-22(19)33/h3-13H,2H2,1H3,(H2,33,34)(H2,37,38,39). The normalized spacial score (nSPS) is 12.1. The Labute approximate surface area is 239 Å². The largest absolute Gasteiger partial charge is 0.424 e. The van der Waals surface area contributed by atoms with E-state index in [0.717, 1.165) is 24.5 Å². The fraction of sp³-hybridized carbons (Fsp3) is 0.154. The molecule has 17 heteroatoms. The van der Waals surface area contributed by atoms with Crippen LogP contribution in [0.3, 0.4) is 0 Å². The predicted octanol–water partition coefficient (Wildman–Crippen LogP) is 6.39. The molecular weight excluding hydrogens is 606 g/mol. The summed E-state index contributed by atoms with van der Waals surface area (Å²) in [6.45, 7) is 1.30. The van der Waals surface area contributed by atoms with Gasteiger partial charge in [0.2, 0.25) is 0 Å². The number of pyridine rings is 1. The molecule has 4 aromatic rings. The summed E-state index contributed by atoms with van der Waals surface area (Å²) in [5.74, 6) is -0.313. The number of aromatic nitrogens is 3. The number of nitrogen functional groups attached to an aromatic ring is 1. The van der Waals surface area contributed by atoms with E-state index in [9.17, 15) is 39.6 Å². The number of carbonyl (C=O) groups excluding carboxylic acids is 1. The zero-order valence-electron chi connectivity index (χ0n) is 21.8. The summed E-state index contributed by atoms with van der Waals surface area (Å²) in [5, 5.41) is 4.39. The number of urea groups is 1. The number of hydrogen-bond acceptors (Lipinski definition) is 8. The van der Waals surface area contributed by atoms with Gasteiger partial charge in [0.1, 0.15) is 11.6 Å². The Morgan fingerprint density at radius 1 is 0.860 bits per heavy atom. The first-order valence-electron chi connectivity index (χ1n) is 12.0. The molecule has 2 aromatic heterocycles. The van der Waals surface area contributed by atoms with E-state index in [1.165, 1.54) is 31.2 Å². The van der Waals surface area contributed by atoms with E-state index in [1.807, 2.05) is 0 Å². The van der Waals surface area contributed by atoms with Crippen LogP contribution in [0.1, 0.15) is 18.1 Å². The molecule has 0 radical (unpaired) electrons. The fourth-order valence-electron chi connectivity index (χ4n) is 3.62. The lowest BCUT2D eigenvalue weighted by Crippen LogP contribution is -2.22.